The number of halogens is 1. The van der Waals surface area contributed by atoms with Crippen molar-refractivity contribution >= 4 is 22.6 Å². The van der Waals surface area contributed by atoms with E-state index in [-0.39, 0.29) is 0 Å². The fourth-order valence-electron chi connectivity index (χ4n) is 1.03. The summed E-state index contributed by atoms with van der Waals surface area (Å²) in [5, 5.41) is 0. The van der Waals surface area contributed by atoms with Crippen LogP contribution >= 0.6 is 22.6 Å². The Morgan fingerprint density at radius 3 is 2.67 bits per heavy atom. The lowest BCUT2D eigenvalue weighted by Crippen LogP contribution is -2.13. The molecular weight excluding hydrogens is 227 g/mol. The Morgan fingerprint density at radius 2 is 2.33 bits per heavy atom. The lowest BCUT2D eigenvalue weighted by Gasteiger charge is -2.05. The molecule has 0 aromatic carbocycles. The van der Waals surface area contributed by atoms with Crippen molar-refractivity contribution in [3.05, 3.63) is 12.4 Å². The Bertz CT molecular complexity index is 143. The Balaban J connectivity index is 1.81. The van der Waals surface area contributed by atoms with Crippen LogP contribution in [0.15, 0.2) is 12.4 Å². The van der Waals surface area contributed by atoms with Gasteiger partial charge in [-0.2, -0.15) is 0 Å². The maximum atomic E-state index is 2.44. The maximum absolute atomic E-state index is 2.44. The van der Waals surface area contributed by atoms with Gasteiger partial charge in [0, 0.05) is 18.9 Å². The molecule has 0 spiro atoms. The molecule has 0 radical (unpaired) electrons. The van der Waals surface area contributed by atoms with Gasteiger partial charge in [0.2, 0.25) is 0 Å². The molecule has 2 rings (SSSR count). The zero-order chi connectivity index (χ0) is 6.43. The predicted molar refractivity (Wildman–Crippen MR) is 45.0 cm³/mol. The number of nitrogens with zero attached hydrogens (tertiary/aromatic N) is 2. The van der Waals surface area contributed by atoms with Gasteiger partial charge in [0.1, 0.15) is 0 Å². The second-order valence-corrected chi connectivity index (χ2v) is 4.30. The number of hydrogen-bond acceptors (Lipinski definition) is 2. The highest BCUT2D eigenvalue weighted by Gasteiger charge is 2.42. The maximum Gasteiger partial charge on any atom is 0.0998 e. The molecule has 3 atom stereocenters. The van der Waals surface area contributed by atoms with Crippen LogP contribution in [0.5, 0.6) is 0 Å². The van der Waals surface area contributed by atoms with Gasteiger partial charge < -0.3 is 4.90 Å². The van der Waals surface area contributed by atoms with Crippen molar-refractivity contribution in [2.24, 2.45) is 0 Å². The van der Waals surface area contributed by atoms with Crippen molar-refractivity contribution in [3.63, 3.8) is 0 Å². The summed E-state index contributed by atoms with van der Waals surface area (Å²) in [5.74, 6) is 0. The van der Waals surface area contributed by atoms with Crippen LogP contribution in [-0.4, -0.2) is 26.6 Å². The molecule has 50 valence electrons. The third-order valence-corrected chi connectivity index (χ3v) is 2.46. The van der Waals surface area contributed by atoms with Crippen LogP contribution in [0.4, 0.5) is 0 Å². The summed E-state index contributed by atoms with van der Waals surface area (Å²) in [6, 6.07) is 0. The first kappa shape index (κ1) is 5.97. The molecule has 0 saturated carbocycles. The monoisotopic (exact) mass is 236 g/mol. The third-order valence-electron chi connectivity index (χ3n) is 1.75. The third kappa shape index (κ3) is 1.08. The Hall–Kier alpha value is 0.230. The van der Waals surface area contributed by atoms with Gasteiger partial charge in [0.25, 0.3) is 0 Å². The smallest absolute Gasteiger partial charge is 0.0998 e. The summed E-state index contributed by atoms with van der Waals surface area (Å²) >= 11 is 2.44. The van der Waals surface area contributed by atoms with Gasteiger partial charge in [0.05, 0.1) is 10.2 Å². The summed E-state index contributed by atoms with van der Waals surface area (Å²) in [4.78, 5) is 4.70. The average molecular weight is 236 g/mol. The van der Waals surface area contributed by atoms with Crippen LogP contribution < -0.4 is 0 Å². The Labute approximate surface area is 68.6 Å². The van der Waals surface area contributed by atoms with E-state index in [1.54, 1.807) is 0 Å². The zero-order valence-electron chi connectivity index (χ0n) is 5.29. The van der Waals surface area contributed by atoms with E-state index in [0.29, 0.717) is 4.05 Å². The van der Waals surface area contributed by atoms with Gasteiger partial charge in [0.15, 0.2) is 0 Å². The van der Waals surface area contributed by atoms with Crippen LogP contribution in [0.1, 0.15) is 6.92 Å². The fourth-order valence-corrected chi connectivity index (χ4v) is 1.63. The first-order valence-corrected chi connectivity index (χ1v) is 4.39. The van der Waals surface area contributed by atoms with E-state index in [2.05, 4.69) is 51.7 Å². The van der Waals surface area contributed by atoms with E-state index in [0.717, 1.165) is 6.17 Å². The van der Waals surface area contributed by atoms with Crippen molar-refractivity contribution < 1.29 is 0 Å². The van der Waals surface area contributed by atoms with Crippen molar-refractivity contribution in [1.29, 1.82) is 0 Å². The molecule has 2 heterocycles. The molecule has 0 aromatic rings. The molecular formula is C6H9IN2. The minimum atomic E-state index is 0.690. The van der Waals surface area contributed by atoms with Crippen LogP contribution in [0.2, 0.25) is 0 Å². The van der Waals surface area contributed by atoms with Gasteiger partial charge in [-0.3, -0.25) is 4.90 Å². The zero-order valence-corrected chi connectivity index (χ0v) is 7.45. The molecule has 1 saturated heterocycles. The molecule has 2 aliphatic heterocycles. The Kier molecular flexibility index (Phi) is 1.23. The van der Waals surface area contributed by atoms with E-state index in [1.807, 2.05) is 0 Å². The summed E-state index contributed by atoms with van der Waals surface area (Å²) in [7, 11) is 0. The quantitative estimate of drug-likeness (QED) is 0.307. The van der Waals surface area contributed by atoms with E-state index in [9.17, 15) is 0 Å². The average Bonchev–Trinajstić information content (AvgIpc) is 2.60. The molecule has 0 N–H and O–H groups in total. The SMILES string of the molecule is CC(I)N1CC1N1C=C1. The van der Waals surface area contributed by atoms with Gasteiger partial charge in [-0.15, -0.1) is 0 Å². The molecule has 2 nitrogen and oxygen atoms in total. The summed E-state index contributed by atoms with van der Waals surface area (Å²) in [6.07, 6.45) is 4.98. The van der Waals surface area contributed by atoms with Crippen LogP contribution in [0.25, 0.3) is 0 Å². The topological polar surface area (TPSA) is 6.02 Å². The minimum absolute atomic E-state index is 0.690. The van der Waals surface area contributed by atoms with Crippen molar-refractivity contribution in [2.45, 2.75) is 17.1 Å². The molecule has 0 amide bonds. The number of rotatable bonds is 2. The van der Waals surface area contributed by atoms with Gasteiger partial charge in [-0.25, -0.2) is 0 Å². The van der Waals surface area contributed by atoms with E-state index >= 15 is 0 Å². The molecule has 1 fully saturated rings. The minimum Gasteiger partial charge on any atom is -0.334 e. The Morgan fingerprint density at radius 1 is 1.67 bits per heavy atom. The highest BCUT2D eigenvalue weighted by atomic mass is 127. The van der Waals surface area contributed by atoms with Crippen molar-refractivity contribution in [1.82, 2.24) is 9.80 Å². The van der Waals surface area contributed by atoms with Crippen LogP contribution in [-0.2, 0) is 0 Å². The number of alkyl halides is 1. The molecule has 2 aliphatic rings. The van der Waals surface area contributed by atoms with Gasteiger partial charge in [-0.05, 0) is 6.92 Å². The second-order valence-electron chi connectivity index (χ2n) is 2.50. The molecule has 0 aromatic heterocycles. The highest BCUT2D eigenvalue weighted by molar-refractivity contribution is 14.1. The lowest BCUT2D eigenvalue weighted by molar-refractivity contribution is 0.418. The number of hydrogen-bond donors (Lipinski definition) is 0. The predicted octanol–water partition coefficient (Wildman–Crippen LogP) is 1.20. The van der Waals surface area contributed by atoms with E-state index in [4.69, 9.17) is 0 Å². The fraction of sp³-hybridized carbons (Fsp3) is 0.667. The first-order chi connectivity index (χ1) is 4.29. The van der Waals surface area contributed by atoms with Crippen LogP contribution in [0, 0.1) is 0 Å². The molecule has 0 bridgehead atoms. The first-order valence-electron chi connectivity index (χ1n) is 3.14. The van der Waals surface area contributed by atoms with E-state index < -0.39 is 0 Å². The van der Waals surface area contributed by atoms with Gasteiger partial charge in [-0.1, -0.05) is 22.6 Å². The molecule has 9 heavy (non-hydrogen) atoms. The summed E-state index contributed by atoms with van der Waals surface area (Å²) in [5.41, 5.74) is 0. The highest BCUT2D eigenvalue weighted by Crippen LogP contribution is 2.31. The molecule has 0 aliphatic carbocycles. The second kappa shape index (κ2) is 1.85. The normalized spacial score (nSPS) is 40.9. The van der Waals surface area contributed by atoms with E-state index in [1.165, 1.54) is 6.54 Å². The van der Waals surface area contributed by atoms with Gasteiger partial charge >= 0.3 is 0 Å². The summed E-state index contributed by atoms with van der Waals surface area (Å²) < 4.78 is 0.690. The van der Waals surface area contributed by atoms with Crippen LogP contribution in [0.3, 0.4) is 0 Å². The standard InChI is InChI=1S/C6H9IN2/c1-5(7)9-4-6(9)8-2-3-8/h2-3,5-6H,4H2,1H3. The van der Waals surface area contributed by atoms with Crippen molar-refractivity contribution in [2.75, 3.05) is 6.54 Å². The van der Waals surface area contributed by atoms with Crippen molar-refractivity contribution in [3.8, 4) is 0 Å². The lowest BCUT2D eigenvalue weighted by atomic mass is 10.7. The molecule has 3 unspecified atom stereocenters. The summed E-state index contributed by atoms with van der Waals surface area (Å²) in [6.45, 7) is 3.47. The molecule has 3 heteroatoms. The largest absolute Gasteiger partial charge is 0.334 e.